The van der Waals surface area contributed by atoms with Crippen LogP contribution in [0.2, 0.25) is 5.02 Å². The summed E-state index contributed by atoms with van der Waals surface area (Å²) in [5.41, 5.74) is 2.22. The minimum absolute atomic E-state index is 0.0917. The van der Waals surface area contributed by atoms with Crippen LogP contribution in [0.5, 0.6) is 5.75 Å². The van der Waals surface area contributed by atoms with E-state index in [1.165, 1.54) is 7.11 Å². The molecule has 5 heteroatoms. The molecule has 23 heavy (non-hydrogen) atoms. The van der Waals surface area contributed by atoms with Crippen molar-refractivity contribution in [2.45, 2.75) is 19.8 Å². The number of ether oxygens (including phenoxy) is 1. The van der Waals surface area contributed by atoms with E-state index in [0.29, 0.717) is 22.0 Å². The first kappa shape index (κ1) is 17.0. The molecule has 0 unspecified atom stereocenters. The van der Waals surface area contributed by atoms with Crippen molar-refractivity contribution in [1.29, 1.82) is 0 Å². The van der Waals surface area contributed by atoms with Crippen molar-refractivity contribution in [1.82, 2.24) is 0 Å². The Morgan fingerprint density at radius 2 is 1.78 bits per heavy atom. The van der Waals surface area contributed by atoms with Crippen LogP contribution in [0.4, 0.5) is 5.69 Å². The maximum Gasteiger partial charge on any atom is 0.224 e. The minimum atomic E-state index is -0.205. The molecule has 0 aliphatic carbocycles. The summed E-state index contributed by atoms with van der Waals surface area (Å²) in [5.74, 6) is 0.0740. The summed E-state index contributed by atoms with van der Waals surface area (Å²) in [7, 11) is 1.49. The van der Waals surface area contributed by atoms with Crippen LogP contribution in [0.1, 0.15) is 28.8 Å². The molecule has 2 aromatic carbocycles. The minimum Gasteiger partial charge on any atom is -0.496 e. The maximum absolute atomic E-state index is 12.3. The van der Waals surface area contributed by atoms with Gasteiger partial charge in [0.05, 0.1) is 12.7 Å². The molecule has 0 saturated heterocycles. The molecule has 0 saturated carbocycles. The average Bonchev–Trinajstić information content (AvgIpc) is 2.54. The van der Waals surface area contributed by atoms with Crippen molar-refractivity contribution in [3.8, 4) is 5.75 Å². The number of nitrogens with one attached hydrogen (secondary N) is 1. The van der Waals surface area contributed by atoms with Gasteiger partial charge in [0.1, 0.15) is 5.75 Å². The summed E-state index contributed by atoms with van der Waals surface area (Å²) in [6, 6.07) is 12.3. The Morgan fingerprint density at radius 3 is 2.43 bits per heavy atom. The van der Waals surface area contributed by atoms with Crippen molar-refractivity contribution >= 4 is 29.0 Å². The first-order valence-corrected chi connectivity index (χ1v) is 7.60. The van der Waals surface area contributed by atoms with E-state index in [1.54, 1.807) is 18.2 Å². The lowest BCUT2D eigenvalue weighted by molar-refractivity contribution is -0.116. The van der Waals surface area contributed by atoms with E-state index in [2.05, 4.69) is 5.32 Å². The van der Waals surface area contributed by atoms with E-state index in [-0.39, 0.29) is 24.5 Å². The summed E-state index contributed by atoms with van der Waals surface area (Å²) in [5, 5.41) is 3.22. The van der Waals surface area contributed by atoms with Crippen molar-refractivity contribution < 1.29 is 14.3 Å². The van der Waals surface area contributed by atoms with Gasteiger partial charge in [-0.05, 0) is 37.3 Å². The van der Waals surface area contributed by atoms with Crippen molar-refractivity contribution in [3.05, 3.63) is 58.6 Å². The van der Waals surface area contributed by atoms with Gasteiger partial charge in [-0.25, -0.2) is 0 Å². The molecule has 0 radical (unpaired) electrons. The Bertz CT molecular complexity index is 711. The fourth-order valence-corrected chi connectivity index (χ4v) is 2.29. The van der Waals surface area contributed by atoms with Crippen molar-refractivity contribution in [3.63, 3.8) is 0 Å². The van der Waals surface area contributed by atoms with Crippen LogP contribution in [0.25, 0.3) is 0 Å². The van der Waals surface area contributed by atoms with Gasteiger partial charge >= 0.3 is 0 Å². The predicted octanol–water partition coefficient (Wildman–Crippen LogP) is 4.26. The van der Waals surface area contributed by atoms with E-state index < -0.39 is 0 Å². The Morgan fingerprint density at radius 1 is 1.09 bits per heavy atom. The van der Waals surface area contributed by atoms with Crippen LogP contribution < -0.4 is 10.1 Å². The Balaban J connectivity index is 1.95. The van der Waals surface area contributed by atoms with Crippen LogP contribution in [0.15, 0.2) is 42.5 Å². The van der Waals surface area contributed by atoms with Crippen molar-refractivity contribution in [2.75, 3.05) is 12.4 Å². The smallest absolute Gasteiger partial charge is 0.224 e. The molecule has 1 amide bonds. The molecule has 0 fully saturated rings. The zero-order valence-electron chi connectivity index (χ0n) is 13.1. The van der Waals surface area contributed by atoms with Crippen LogP contribution >= 0.6 is 11.6 Å². The highest BCUT2D eigenvalue weighted by Crippen LogP contribution is 2.24. The highest BCUT2D eigenvalue weighted by Gasteiger charge is 2.14. The number of ketones is 1. The molecule has 120 valence electrons. The summed E-state index contributed by atoms with van der Waals surface area (Å²) >= 11 is 5.91. The number of benzene rings is 2. The molecule has 0 aliphatic rings. The first-order chi connectivity index (χ1) is 11.0. The fraction of sp³-hybridized carbons (Fsp3) is 0.222. The highest BCUT2D eigenvalue weighted by molar-refractivity contribution is 6.31. The van der Waals surface area contributed by atoms with Gasteiger partial charge < -0.3 is 10.1 Å². The Labute approximate surface area is 140 Å². The molecule has 0 aliphatic heterocycles. The molecule has 0 heterocycles. The monoisotopic (exact) mass is 331 g/mol. The third kappa shape index (κ3) is 4.83. The molecule has 0 spiro atoms. The molecular weight excluding hydrogens is 314 g/mol. The molecule has 0 aromatic heterocycles. The standard InChI is InChI=1S/C18H18ClNO3/c1-12-3-6-14(7-4-12)20-18(22)10-8-16(21)15-11-13(19)5-9-17(15)23-2/h3-7,9,11H,8,10H2,1-2H3,(H,20,22). The Kier molecular flexibility index (Phi) is 5.77. The van der Waals surface area contributed by atoms with Crippen LogP contribution in [-0.4, -0.2) is 18.8 Å². The summed E-state index contributed by atoms with van der Waals surface area (Å²) < 4.78 is 5.16. The second-order valence-corrected chi connectivity index (χ2v) is 5.62. The number of carbonyl (C=O) groups is 2. The van der Waals surface area contributed by atoms with Gasteiger partial charge in [-0.2, -0.15) is 0 Å². The molecule has 2 rings (SSSR count). The normalized spacial score (nSPS) is 10.2. The Hall–Kier alpha value is -2.33. The van der Waals surface area contributed by atoms with E-state index >= 15 is 0 Å². The van der Waals surface area contributed by atoms with Gasteiger partial charge in [0.15, 0.2) is 5.78 Å². The number of hydrogen-bond donors (Lipinski definition) is 1. The lowest BCUT2D eigenvalue weighted by atomic mass is 10.1. The van der Waals surface area contributed by atoms with Gasteiger partial charge in [0.25, 0.3) is 0 Å². The van der Waals surface area contributed by atoms with Crippen molar-refractivity contribution in [2.24, 2.45) is 0 Å². The SMILES string of the molecule is COc1ccc(Cl)cc1C(=O)CCC(=O)Nc1ccc(C)cc1. The molecular formula is C18H18ClNO3. The van der Waals surface area contributed by atoms with Gasteiger partial charge in [0, 0.05) is 23.6 Å². The zero-order chi connectivity index (χ0) is 16.8. The third-order valence-corrected chi connectivity index (χ3v) is 3.61. The van der Waals surface area contributed by atoms with E-state index in [1.807, 2.05) is 31.2 Å². The first-order valence-electron chi connectivity index (χ1n) is 7.23. The van der Waals surface area contributed by atoms with Gasteiger partial charge in [-0.1, -0.05) is 29.3 Å². The lowest BCUT2D eigenvalue weighted by Gasteiger charge is -2.08. The number of halogens is 1. The molecule has 4 nitrogen and oxygen atoms in total. The van der Waals surface area contributed by atoms with Crippen LogP contribution in [0, 0.1) is 6.92 Å². The molecule has 0 atom stereocenters. The number of amides is 1. The van der Waals surface area contributed by atoms with Gasteiger partial charge in [-0.15, -0.1) is 0 Å². The number of hydrogen-bond acceptors (Lipinski definition) is 3. The number of Topliss-reactive ketones (excluding diaryl/α,β-unsaturated/α-hetero) is 1. The summed E-state index contributed by atoms with van der Waals surface area (Å²) in [6.07, 6.45) is 0.191. The van der Waals surface area contributed by atoms with Crippen LogP contribution in [0.3, 0.4) is 0 Å². The summed E-state index contributed by atoms with van der Waals surface area (Å²) in [6.45, 7) is 1.97. The number of methoxy groups -OCH3 is 1. The third-order valence-electron chi connectivity index (χ3n) is 3.38. The topological polar surface area (TPSA) is 55.4 Å². The number of aryl methyl sites for hydroxylation is 1. The molecule has 2 aromatic rings. The fourth-order valence-electron chi connectivity index (χ4n) is 2.12. The lowest BCUT2D eigenvalue weighted by Crippen LogP contribution is -2.13. The second-order valence-electron chi connectivity index (χ2n) is 5.18. The zero-order valence-corrected chi connectivity index (χ0v) is 13.8. The maximum atomic E-state index is 12.3. The number of rotatable bonds is 6. The van der Waals surface area contributed by atoms with E-state index in [9.17, 15) is 9.59 Å². The van der Waals surface area contributed by atoms with Crippen LogP contribution in [-0.2, 0) is 4.79 Å². The van der Waals surface area contributed by atoms with E-state index in [4.69, 9.17) is 16.3 Å². The van der Waals surface area contributed by atoms with Gasteiger partial charge in [0.2, 0.25) is 5.91 Å². The van der Waals surface area contributed by atoms with Gasteiger partial charge in [-0.3, -0.25) is 9.59 Å². The highest BCUT2D eigenvalue weighted by atomic mass is 35.5. The largest absolute Gasteiger partial charge is 0.496 e. The molecule has 0 bridgehead atoms. The quantitative estimate of drug-likeness (QED) is 0.805. The second kappa shape index (κ2) is 7.79. The predicted molar refractivity (Wildman–Crippen MR) is 91.4 cm³/mol. The summed E-state index contributed by atoms with van der Waals surface area (Å²) in [4.78, 5) is 24.2. The van der Waals surface area contributed by atoms with E-state index in [0.717, 1.165) is 5.56 Å². The number of anilines is 1. The average molecular weight is 332 g/mol. The number of carbonyl (C=O) groups excluding carboxylic acids is 2. The molecule has 1 N–H and O–H groups in total.